The zero-order chi connectivity index (χ0) is 18.2. The number of rotatable bonds is 2. The molecule has 2 heterocycles. The Morgan fingerprint density at radius 3 is 2.56 bits per heavy atom. The highest BCUT2D eigenvalue weighted by Gasteiger charge is 2.53. The smallest absolute Gasteiger partial charge is 0.254 e. The lowest BCUT2D eigenvalue weighted by atomic mass is 9.84. The number of halogens is 1. The molecule has 1 spiro atoms. The Labute approximate surface area is 147 Å². The van der Waals surface area contributed by atoms with Gasteiger partial charge in [0, 0.05) is 24.7 Å². The van der Waals surface area contributed by atoms with Crippen molar-refractivity contribution >= 4 is 11.8 Å². The van der Waals surface area contributed by atoms with Gasteiger partial charge in [0.1, 0.15) is 11.4 Å². The van der Waals surface area contributed by atoms with E-state index in [1.54, 1.807) is 4.90 Å². The minimum atomic E-state index is -0.821. The molecule has 1 atom stereocenters. The topological polar surface area (TPSA) is 64.4 Å². The Kier molecular flexibility index (Phi) is 4.51. The minimum absolute atomic E-state index is 0.00323. The largest absolute Gasteiger partial charge is 0.338 e. The predicted molar refractivity (Wildman–Crippen MR) is 90.2 cm³/mol. The van der Waals surface area contributed by atoms with Gasteiger partial charge >= 0.3 is 0 Å². The second-order valence-corrected chi connectivity index (χ2v) is 7.13. The molecule has 0 aliphatic carbocycles. The third kappa shape index (κ3) is 2.88. The minimum Gasteiger partial charge on any atom is -0.338 e. The number of nitrogens with zero attached hydrogens (tertiary/aromatic N) is 3. The molecule has 132 valence electrons. The average Bonchev–Trinajstić information content (AvgIpc) is 3.00. The fourth-order valence-corrected chi connectivity index (χ4v) is 4.10. The molecule has 0 saturated carbocycles. The third-order valence-electron chi connectivity index (χ3n) is 5.28. The first-order valence-electron chi connectivity index (χ1n) is 8.73. The van der Waals surface area contributed by atoms with Crippen LogP contribution >= 0.6 is 0 Å². The fraction of sp³-hybridized carbons (Fsp3) is 0.526. The maximum Gasteiger partial charge on any atom is 0.254 e. The monoisotopic (exact) mass is 343 g/mol. The SMILES string of the molecule is CC(C)N1CCCC2(CCCN2C(=O)c2cc(F)cc(C#N)c2)C1=O. The van der Waals surface area contributed by atoms with Crippen LogP contribution in [0.25, 0.3) is 0 Å². The van der Waals surface area contributed by atoms with E-state index in [0.717, 1.165) is 25.0 Å². The molecular weight excluding hydrogens is 321 g/mol. The zero-order valence-electron chi connectivity index (χ0n) is 14.6. The second-order valence-electron chi connectivity index (χ2n) is 7.13. The van der Waals surface area contributed by atoms with Gasteiger partial charge in [-0.25, -0.2) is 4.39 Å². The average molecular weight is 343 g/mol. The van der Waals surface area contributed by atoms with Crippen molar-refractivity contribution in [1.29, 1.82) is 5.26 Å². The van der Waals surface area contributed by atoms with Crippen molar-refractivity contribution in [2.24, 2.45) is 0 Å². The number of nitriles is 1. The number of benzene rings is 1. The van der Waals surface area contributed by atoms with E-state index < -0.39 is 11.4 Å². The molecule has 2 aliphatic heterocycles. The van der Waals surface area contributed by atoms with Crippen LogP contribution in [0.5, 0.6) is 0 Å². The molecule has 0 N–H and O–H groups in total. The number of likely N-dealkylation sites (tertiary alicyclic amines) is 2. The summed E-state index contributed by atoms with van der Waals surface area (Å²) < 4.78 is 13.7. The maximum absolute atomic E-state index is 13.7. The van der Waals surface area contributed by atoms with E-state index in [0.29, 0.717) is 25.9 Å². The summed E-state index contributed by atoms with van der Waals surface area (Å²) in [5, 5.41) is 9.01. The standard InChI is InChI=1S/C19H22FN3O2/c1-13(2)22-7-3-5-19(18(22)25)6-4-8-23(19)17(24)15-9-14(12-21)10-16(20)11-15/h9-11,13H,3-8H2,1-2H3. The van der Waals surface area contributed by atoms with Gasteiger partial charge in [-0.1, -0.05) is 0 Å². The number of carbonyl (C=O) groups excluding carboxylic acids is 2. The highest BCUT2D eigenvalue weighted by atomic mass is 19.1. The van der Waals surface area contributed by atoms with Gasteiger partial charge in [0.2, 0.25) is 5.91 Å². The van der Waals surface area contributed by atoms with E-state index in [-0.39, 0.29) is 29.0 Å². The van der Waals surface area contributed by atoms with Crippen LogP contribution in [-0.2, 0) is 4.79 Å². The summed E-state index contributed by atoms with van der Waals surface area (Å²) in [7, 11) is 0. The number of carbonyl (C=O) groups is 2. The number of piperidine rings is 1. The van der Waals surface area contributed by atoms with Crippen LogP contribution in [0, 0.1) is 17.1 Å². The van der Waals surface area contributed by atoms with Crippen molar-refractivity contribution in [1.82, 2.24) is 9.80 Å². The van der Waals surface area contributed by atoms with Gasteiger partial charge in [-0.2, -0.15) is 5.26 Å². The molecule has 1 unspecified atom stereocenters. The predicted octanol–water partition coefficient (Wildman–Crippen LogP) is 2.70. The Hall–Kier alpha value is -2.42. The van der Waals surface area contributed by atoms with Crippen molar-refractivity contribution in [2.45, 2.75) is 51.1 Å². The normalized spacial score (nSPS) is 23.4. The molecule has 2 saturated heterocycles. The molecule has 1 aromatic rings. The molecule has 2 fully saturated rings. The van der Waals surface area contributed by atoms with Gasteiger partial charge in [-0.3, -0.25) is 9.59 Å². The number of hydrogen-bond acceptors (Lipinski definition) is 3. The van der Waals surface area contributed by atoms with Gasteiger partial charge in [0.25, 0.3) is 5.91 Å². The lowest BCUT2D eigenvalue weighted by Crippen LogP contribution is -2.62. The van der Waals surface area contributed by atoms with Crippen LogP contribution in [0.2, 0.25) is 0 Å². The van der Waals surface area contributed by atoms with E-state index in [1.807, 2.05) is 24.8 Å². The van der Waals surface area contributed by atoms with Crippen LogP contribution in [0.1, 0.15) is 55.5 Å². The van der Waals surface area contributed by atoms with E-state index in [1.165, 1.54) is 6.07 Å². The highest BCUT2D eigenvalue weighted by Crippen LogP contribution is 2.39. The van der Waals surface area contributed by atoms with Gasteiger partial charge in [0.15, 0.2) is 0 Å². The first-order valence-corrected chi connectivity index (χ1v) is 8.73. The summed E-state index contributed by atoms with van der Waals surface area (Å²) >= 11 is 0. The van der Waals surface area contributed by atoms with Crippen molar-refractivity contribution < 1.29 is 14.0 Å². The first kappa shape index (κ1) is 17.4. The van der Waals surface area contributed by atoms with Gasteiger partial charge in [-0.15, -0.1) is 0 Å². The summed E-state index contributed by atoms with van der Waals surface area (Å²) in [6.45, 7) is 5.14. The Morgan fingerprint density at radius 1 is 1.24 bits per heavy atom. The first-order chi connectivity index (χ1) is 11.9. The Balaban J connectivity index is 1.96. The molecule has 6 heteroatoms. The molecule has 0 aromatic heterocycles. The van der Waals surface area contributed by atoms with Crippen LogP contribution < -0.4 is 0 Å². The molecule has 0 bridgehead atoms. The molecule has 2 aliphatic rings. The quantitative estimate of drug-likeness (QED) is 0.829. The number of hydrogen-bond donors (Lipinski definition) is 0. The summed E-state index contributed by atoms with van der Waals surface area (Å²) in [5.74, 6) is -0.988. The van der Waals surface area contributed by atoms with E-state index in [9.17, 15) is 14.0 Å². The summed E-state index contributed by atoms with van der Waals surface area (Å²) in [5.41, 5.74) is -0.582. The van der Waals surface area contributed by atoms with E-state index in [4.69, 9.17) is 5.26 Å². The molecule has 1 aromatic carbocycles. The van der Waals surface area contributed by atoms with Crippen molar-refractivity contribution in [2.75, 3.05) is 13.1 Å². The second kappa shape index (κ2) is 6.47. The third-order valence-corrected chi connectivity index (χ3v) is 5.28. The molecule has 3 rings (SSSR count). The van der Waals surface area contributed by atoms with Crippen LogP contribution in [0.4, 0.5) is 4.39 Å². The summed E-state index contributed by atoms with van der Waals surface area (Å²) in [6, 6.07) is 5.59. The lowest BCUT2D eigenvalue weighted by Gasteiger charge is -2.46. The van der Waals surface area contributed by atoms with Crippen molar-refractivity contribution in [3.63, 3.8) is 0 Å². The number of amides is 2. The molecular formula is C19H22FN3O2. The van der Waals surface area contributed by atoms with Gasteiger partial charge in [0.05, 0.1) is 11.6 Å². The molecule has 25 heavy (non-hydrogen) atoms. The highest BCUT2D eigenvalue weighted by molar-refractivity contribution is 6.00. The molecule has 2 amide bonds. The van der Waals surface area contributed by atoms with Gasteiger partial charge < -0.3 is 9.80 Å². The lowest BCUT2D eigenvalue weighted by molar-refractivity contribution is -0.147. The summed E-state index contributed by atoms with van der Waals surface area (Å²) in [4.78, 5) is 29.6. The molecule has 0 radical (unpaired) electrons. The van der Waals surface area contributed by atoms with E-state index >= 15 is 0 Å². The Bertz CT molecular complexity index is 756. The zero-order valence-corrected chi connectivity index (χ0v) is 14.6. The van der Waals surface area contributed by atoms with Crippen molar-refractivity contribution in [3.05, 3.63) is 35.1 Å². The fourth-order valence-electron chi connectivity index (χ4n) is 4.10. The molecule has 5 nitrogen and oxygen atoms in total. The van der Waals surface area contributed by atoms with Gasteiger partial charge in [-0.05, 0) is 57.7 Å². The summed E-state index contributed by atoms with van der Waals surface area (Å²) in [6.07, 6.45) is 2.88. The van der Waals surface area contributed by atoms with Crippen LogP contribution in [0.3, 0.4) is 0 Å². The van der Waals surface area contributed by atoms with Crippen LogP contribution in [0.15, 0.2) is 18.2 Å². The Morgan fingerprint density at radius 2 is 1.92 bits per heavy atom. The van der Waals surface area contributed by atoms with Crippen molar-refractivity contribution in [3.8, 4) is 6.07 Å². The van der Waals surface area contributed by atoms with E-state index in [2.05, 4.69) is 0 Å². The van der Waals surface area contributed by atoms with Crippen LogP contribution in [-0.4, -0.2) is 46.3 Å². The maximum atomic E-state index is 13.7.